The molecular formula is C7H11NO3. The van der Waals surface area contributed by atoms with Gasteiger partial charge in [-0.2, -0.15) is 0 Å². The summed E-state index contributed by atoms with van der Waals surface area (Å²) in [6, 6.07) is 0. The normalized spacial score (nSPS) is 11.9. The molecule has 0 rings (SSSR count). The van der Waals surface area contributed by atoms with Crippen molar-refractivity contribution in [1.82, 2.24) is 0 Å². The molecule has 0 heterocycles. The van der Waals surface area contributed by atoms with Crippen LogP contribution in [-0.4, -0.2) is 24.6 Å². The molecule has 1 atom stereocenters. The molecule has 0 saturated carbocycles. The van der Waals surface area contributed by atoms with Gasteiger partial charge in [0.05, 0.1) is 7.11 Å². The Labute approximate surface area is 65.1 Å². The van der Waals surface area contributed by atoms with Gasteiger partial charge < -0.3 is 10.1 Å². The SMILES string of the molecule is COC(=O)C(C(C)=N)C(C)=O. The number of nitrogens with one attached hydrogen (secondary N) is 1. The van der Waals surface area contributed by atoms with Gasteiger partial charge in [0.2, 0.25) is 0 Å². The molecule has 1 unspecified atom stereocenters. The lowest BCUT2D eigenvalue weighted by Gasteiger charge is -2.08. The Kier molecular flexibility index (Phi) is 3.44. The average molecular weight is 157 g/mol. The highest BCUT2D eigenvalue weighted by molar-refractivity contribution is 6.16. The first-order valence-corrected chi connectivity index (χ1v) is 3.14. The number of carbonyl (C=O) groups is 2. The van der Waals surface area contributed by atoms with Crippen LogP contribution in [0.4, 0.5) is 0 Å². The third-order valence-corrected chi connectivity index (χ3v) is 1.28. The Morgan fingerprint density at radius 2 is 1.82 bits per heavy atom. The predicted molar refractivity (Wildman–Crippen MR) is 39.6 cm³/mol. The van der Waals surface area contributed by atoms with Crippen LogP contribution in [0.2, 0.25) is 0 Å². The van der Waals surface area contributed by atoms with Crippen LogP contribution in [0, 0.1) is 11.3 Å². The number of methoxy groups -OCH3 is 1. The van der Waals surface area contributed by atoms with Gasteiger partial charge in [-0.05, 0) is 13.8 Å². The van der Waals surface area contributed by atoms with Gasteiger partial charge in [0, 0.05) is 5.71 Å². The van der Waals surface area contributed by atoms with Gasteiger partial charge in [-0.15, -0.1) is 0 Å². The highest BCUT2D eigenvalue weighted by Gasteiger charge is 2.25. The molecular weight excluding hydrogens is 146 g/mol. The van der Waals surface area contributed by atoms with Crippen molar-refractivity contribution >= 4 is 17.5 Å². The number of carbonyl (C=O) groups excluding carboxylic acids is 2. The number of Topliss-reactive ketones (excluding diaryl/α,β-unsaturated/α-hetero) is 1. The number of ether oxygens (including phenoxy) is 1. The highest BCUT2D eigenvalue weighted by atomic mass is 16.5. The smallest absolute Gasteiger partial charge is 0.321 e. The third kappa shape index (κ3) is 2.49. The first kappa shape index (κ1) is 9.81. The molecule has 0 amide bonds. The van der Waals surface area contributed by atoms with E-state index in [1.807, 2.05) is 0 Å². The van der Waals surface area contributed by atoms with E-state index in [9.17, 15) is 9.59 Å². The van der Waals surface area contributed by atoms with E-state index in [4.69, 9.17) is 5.41 Å². The summed E-state index contributed by atoms with van der Waals surface area (Å²) in [6.07, 6.45) is 0. The number of hydrogen-bond donors (Lipinski definition) is 1. The topological polar surface area (TPSA) is 67.2 Å². The summed E-state index contributed by atoms with van der Waals surface area (Å²) in [6.45, 7) is 2.67. The van der Waals surface area contributed by atoms with Gasteiger partial charge >= 0.3 is 5.97 Å². The van der Waals surface area contributed by atoms with Crippen LogP contribution in [0.1, 0.15) is 13.8 Å². The van der Waals surface area contributed by atoms with Crippen molar-refractivity contribution in [2.45, 2.75) is 13.8 Å². The molecule has 0 aromatic carbocycles. The summed E-state index contributed by atoms with van der Waals surface area (Å²) >= 11 is 0. The zero-order valence-electron chi connectivity index (χ0n) is 6.80. The molecule has 0 bridgehead atoms. The lowest BCUT2D eigenvalue weighted by Crippen LogP contribution is -2.29. The van der Waals surface area contributed by atoms with E-state index in [1.165, 1.54) is 21.0 Å². The van der Waals surface area contributed by atoms with E-state index in [2.05, 4.69) is 4.74 Å². The van der Waals surface area contributed by atoms with Crippen LogP contribution in [-0.2, 0) is 14.3 Å². The molecule has 11 heavy (non-hydrogen) atoms. The summed E-state index contributed by atoms with van der Waals surface area (Å²) in [5.41, 5.74) is 0.0179. The van der Waals surface area contributed by atoms with E-state index in [-0.39, 0.29) is 11.5 Å². The monoisotopic (exact) mass is 157 g/mol. The molecule has 0 spiro atoms. The highest BCUT2D eigenvalue weighted by Crippen LogP contribution is 2.02. The first-order valence-electron chi connectivity index (χ1n) is 3.14. The minimum absolute atomic E-state index is 0.0179. The van der Waals surface area contributed by atoms with E-state index in [1.54, 1.807) is 0 Å². The molecule has 0 saturated heterocycles. The van der Waals surface area contributed by atoms with Crippen molar-refractivity contribution in [2.75, 3.05) is 7.11 Å². The zero-order valence-corrected chi connectivity index (χ0v) is 6.80. The summed E-state index contributed by atoms with van der Waals surface area (Å²) in [5, 5.41) is 7.09. The van der Waals surface area contributed by atoms with Crippen LogP contribution in [0.5, 0.6) is 0 Å². The van der Waals surface area contributed by atoms with Crippen molar-refractivity contribution in [2.24, 2.45) is 5.92 Å². The molecule has 0 fully saturated rings. The molecule has 4 nitrogen and oxygen atoms in total. The van der Waals surface area contributed by atoms with Crippen LogP contribution >= 0.6 is 0 Å². The van der Waals surface area contributed by atoms with Gasteiger partial charge in [0.25, 0.3) is 0 Å². The molecule has 0 aromatic heterocycles. The lowest BCUT2D eigenvalue weighted by atomic mass is 10.0. The van der Waals surface area contributed by atoms with Gasteiger partial charge in [0.1, 0.15) is 5.78 Å². The molecule has 1 N–H and O–H groups in total. The molecule has 0 radical (unpaired) electrons. The largest absolute Gasteiger partial charge is 0.468 e. The van der Waals surface area contributed by atoms with Crippen molar-refractivity contribution in [1.29, 1.82) is 5.41 Å². The van der Waals surface area contributed by atoms with E-state index in [0.717, 1.165) is 0 Å². The number of ketones is 1. The second-order valence-corrected chi connectivity index (χ2v) is 2.25. The summed E-state index contributed by atoms with van der Waals surface area (Å²) < 4.78 is 4.33. The van der Waals surface area contributed by atoms with Crippen LogP contribution in [0.15, 0.2) is 0 Å². The maximum atomic E-state index is 10.8. The molecule has 62 valence electrons. The van der Waals surface area contributed by atoms with Crippen molar-refractivity contribution in [3.8, 4) is 0 Å². The quantitative estimate of drug-likeness (QED) is 0.366. The molecule has 0 aliphatic heterocycles. The molecule has 0 aromatic rings. The lowest BCUT2D eigenvalue weighted by molar-refractivity contribution is -0.145. The number of hydrogen-bond acceptors (Lipinski definition) is 4. The Balaban J connectivity index is 4.47. The van der Waals surface area contributed by atoms with Crippen LogP contribution < -0.4 is 0 Å². The Morgan fingerprint density at radius 3 is 1.91 bits per heavy atom. The van der Waals surface area contributed by atoms with Crippen molar-refractivity contribution < 1.29 is 14.3 Å². The molecule has 0 aliphatic carbocycles. The van der Waals surface area contributed by atoms with Gasteiger partial charge in [-0.3, -0.25) is 9.59 Å². The minimum Gasteiger partial charge on any atom is -0.468 e. The number of esters is 1. The second kappa shape index (κ2) is 3.85. The predicted octanol–water partition coefficient (Wildman–Crippen LogP) is 0.404. The maximum absolute atomic E-state index is 10.8. The summed E-state index contributed by atoms with van der Waals surface area (Å²) in [4.78, 5) is 21.6. The third-order valence-electron chi connectivity index (χ3n) is 1.28. The fraction of sp³-hybridized carbons (Fsp3) is 0.571. The average Bonchev–Trinajstić information content (AvgIpc) is 1.85. The Morgan fingerprint density at radius 1 is 1.36 bits per heavy atom. The standard InChI is InChI=1S/C7H11NO3/c1-4(8)6(5(2)9)7(10)11-3/h6,8H,1-3H3. The fourth-order valence-corrected chi connectivity index (χ4v) is 0.765. The van der Waals surface area contributed by atoms with Gasteiger partial charge in [-0.1, -0.05) is 0 Å². The first-order chi connectivity index (χ1) is 5.00. The van der Waals surface area contributed by atoms with E-state index in [0.29, 0.717) is 0 Å². The maximum Gasteiger partial charge on any atom is 0.321 e. The van der Waals surface area contributed by atoms with Gasteiger partial charge in [0.15, 0.2) is 5.92 Å². The van der Waals surface area contributed by atoms with E-state index < -0.39 is 11.9 Å². The fourth-order valence-electron chi connectivity index (χ4n) is 0.765. The minimum atomic E-state index is -1.01. The molecule has 0 aliphatic rings. The van der Waals surface area contributed by atoms with Crippen LogP contribution in [0.3, 0.4) is 0 Å². The van der Waals surface area contributed by atoms with Crippen LogP contribution in [0.25, 0.3) is 0 Å². The summed E-state index contributed by atoms with van der Waals surface area (Å²) in [7, 11) is 1.20. The Bertz CT molecular complexity index is 184. The zero-order chi connectivity index (χ0) is 9.02. The second-order valence-electron chi connectivity index (χ2n) is 2.25. The van der Waals surface area contributed by atoms with Crippen molar-refractivity contribution in [3.05, 3.63) is 0 Å². The molecule has 4 heteroatoms. The Hall–Kier alpha value is -1.19. The summed E-state index contributed by atoms with van der Waals surface area (Å²) in [5.74, 6) is -2.03. The van der Waals surface area contributed by atoms with E-state index >= 15 is 0 Å². The van der Waals surface area contributed by atoms with Crippen molar-refractivity contribution in [3.63, 3.8) is 0 Å². The number of rotatable bonds is 3. The van der Waals surface area contributed by atoms with Gasteiger partial charge in [-0.25, -0.2) is 0 Å².